The van der Waals surface area contributed by atoms with Gasteiger partial charge in [-0.15, -0.1) is 5.10 Å². The van der Waals surface area contributed by atoms with Crippen molar-refractivity contribution in [2.45, 2.75) is 13.5 Å². The van der Waals surface area contributed by atoms with Crippen LogP contribution in [0.2, 0.25) is 0 Å². The molecule has 0 saturated carbocycles. The maximum absolute atomic E-state index is 12.0. The van der Waals surface area contributed by atoms with Gasteiger partial charge in [-0.3, -0.25) is 9.52 Å². The van der Waals surface area contributed by atoms with E-state index in [2.05, 4.69) is 25.2 Å². The van der Waals surface area contributed by atoms with Gasteiger partial charge in [0.05, 0.1) is 12.5 Å². The van der Waals surface area contributed by atoms with Gasteiger partial charge in [0.2, 0.25) is 15.9 Å². The number of nitrogens with one attached hydrogen (secondary N) is 2. The minimum Gasteiger partial charge on any atom is -0.441 e. The van der Waals surface area contributed by atoms with Crippen LogP contribution in [0.5, 0.6) is 0 Å². The second-order valence-corrected chi connectivity index (χ2v) is 6.85. The molecule has 2 N–H and O–H groups in total. The molecule has 2 aromatic heterocycles. The molecule has 0 spiro atoms. The summed E-state index contributed by atoms with van der Waals surface area (Å²) in [7, 11) is -3.44. The lowest BCUT2D eigenvalue weighted by Crippen LogP contribution is -2.20. The van der Waals surface area contributed by atoms with Gasteiger partial charge in [-0.1, -0.05) is 0 Å². The summed E-state index contributed by atoms with van der Waals surface area (Å²) in [4.78, 5) is 17.3. The number of anilines is 2. The number of nitrogens with zero attached hydrogens (tertiary/aromatic N) is 4. The molecule has 0 aliphatic heterocycles. The zero-order chi connectivity index (χ0) is 17.3. The fourth-order valence-electron chi connectivity index (χ4n) is 2.06. The molecule has 11 heteroatoms. The number of aryl methyl sites for hydroxylation is 1. The molecule has 0 aliphatic carbocycles. The molecule has 2 heterocycles. The van der Waals surface area contributed by atoms with E-state index >= 15 is 0 Å². The molecule has 0 bridgehead atoms. The van der Waals surface area contributed by atoms with E-state index in [1.165, 1.54) is 6.20 Å². The Bertz CT molecular complexity index is 1010. The number of carbonyl (C=O) groups excluding carboxylic acids is 1. The van der Waals surface area contributed by atoms with E-state index in [1.807, 2.05) is 0 Å². The van der Waals surface area contributed by atoms with Gasteiger partial charge in [0.1, 0.15) is 12.1 Å². The number of aromatic nitrogens is 4. The Kier molecular flexibility index (Phi) is 3.93. The maximum Gasteiger partial charge on any atom is 0.247 e. The monoisotopic (exact) mass is 350 g/mol. The number of carbonyl (C=O) groups is 1. The van der Waals surface area contributed by atoms with Crippen molar-refractivity contribution in [2.75, 3.05) is 16.3 Å². The van der Waals surface area contributed by atoms with E-state index in [0.29, 0.717) is 22.7 Å². The second-order valence-electron chi connectivity index (χ2n) is 5.10. The molecule has 0 radical (unpaired) electrons. The van der Waals surface area contributed by atoms with Gasteiger partial charge in [-0.05, 0) is 18.2 Å². The third-order valence-electron chi connectivity index (χ3n) is 2.89. The summed E-state index contributed by atoms with van der Waals surface area (Å²) in [6, 6.07) is 5.10. The average Bonchev–Trinajstić information content (AvgIpc) is 3.01. The number of oxazole rings is 1. The number of amides is 1. The molecule has 1 amide bonds. The summed E-state index contributed by atoms with van der Waals surface area (Å²) in [5.41, 5.74) is 1.83. The van der Waals surface area contributed by atoms with Crippen LogP contribution in [0.1, 0.15) is 5.89 Å². The number of fused-ring (bicyclic) bond motifs is 1. The number of sulfonamides is 1. The van der Waals surface area contributed by atoms with Crippen LogP contribution in [0.15, 0.2) is 28.8 Å². The molecule has 1 aromatic carbocycles. The highest BCUT2D eigenvalue weighted by atomic mass is 32.2. The van der Waals surface area contributed by atoms with Crippen LogP contribution < -0.4 is 10.0 Å². The molecule has 0 atom stereocenters. The Morgan fingerprint density at radius 1 is 1.38 bits per heavy atom. The molecule has 0 unspecified atom stereocenters. The molecule has 0 aliphatic rings. The second kappa shape index (κ2) is 5.92. The van der Waals surface area contributed by atoms with Crippen molar-refractivity contribution in [3.05, 3.63) is 30.3 Å². The summed E-state index contributed by atoms with van der Waals surface area (Å²) >= 11 is 0. The largest absolute Gasteiger partial charge is 0.441 e. The van der Waals surface area contributed by atoms with Crippen LogP contribution in [0.25, 0.3) is 11.1 Å². The first-order valence-corrected chi connectivity index (χ1v) is 8.72. The highest BCUT2D eigenvalue weighted by Crippen LogP contribution is 2.19. The van der Waals surface area contributed by atoms with Gasteiger partial charge in [-0.25, -0.2) is 13.4 Å². The normalized spacial score (nSPS) is 11.6. The topological polar surface area (TPSA) is 132 Å². The molecule has 0 fully saturated rings. The zero-order valence-corrected chi connectivity index (χ0v) is 13.7. The molecular formula is C13H14N6O4S. The van der Waals surface area contributed by atoms with Gasteiger partial charge >= 0.3 is 0 Å². The fraction of sp³-hybridized carbons (Fsp3) is 0.231. The van der Waals surface area contributed by atoms with Crippen LogP contribution >= 0.6 is 0 Å². The lowest BCUT2D eigenvalue weighted by Gasteiger charge is -2.04. The Morgan fingerprint density at radius 2 is 2.17 bits per heavy atom. The molecule has 3 rings (SSSR count). The van der Waals surface area contributed by atoms with E-state index in [9.17, 15) is 13.2 Å². The number of rotatable bonds is 5. The van der Waals surface area contributed by atoms with Crippen molar-refractivity contribution in [3.63, 3.8) is 0 Å². The summed E-state index contributed by atoms with van der Waals surface area (Å²) in [6.45, 7) is 1.57. The van der Waals surface area contributed by atoms with E-state index in [0.717, 1.165) is 11.1 Å². The van der Waals surface area contributed by atoms with Crippen LogP contribution in [-0.4, -0.2) is 40.6 Å². The van der Waals surface area contributed by atoms with E-state index in [4.69, 9.17) is 4.42 Å². The molecule has 0 saturated heterocycles. The molecule has 10 nitrogen and oxygen atoms in total. The lowest BCUT2D eigenvalue weighted by atomic mass is 10.3. The smallest absolute Gasteiger partial charge is 0.247 e. The Hall–Kier alpha value is -2.95. The maximum atomic E-state index is 12.0. The van der Waals surface area contributed by atoms with Gasteiger partial charge in [0.15, 0.2) is 17.3 Å². The lowest BCUT2D eigenvalue weighted by molar-refractivity contribution is -0.117. The van der Waals surface area contributed by atoms with Gasteiger partial charge in [0, 0.05) is 12.6 Å². The first-order valence-electron chi connectivity index (χ1n) is 6.83. The Morgan fingerprint density at radius 3 is 2.92 bits per heavy atom. The number of benzene rings is 1. The minimum absolute atomic E-state index is 0.0461. The van der Waals surface area contributed by atoms with Gasteiger partial charge in [-0.2, -0.15) is 9.90 Å². The predicted octanol–water partition coefficient (Wildman–Crippen LogP) is 0.738. The summed E-state index contributed by atoms with van der Waals surface area (Å²) in [5, 5.41) is 10.4. The van der Waals surface area contributed by atoms with Gasteiger partial charge in [0.25, 0.3) is 0 Å². The average molecular weight is 350 g/mol. The predicted molar refractivity (Wildman–Crippen MR) is 85.9 cm³/mol. The highest BCUT2D eigenvalue weighted by molar-refractivity contribution is 7.92. The van der Waals surface area contributed by atoms with Crippen LogP contribution in [0, 0.1) is 6.92 Å². The first kappa shape index (κ1) is 15.9. The van der Waals surface area contributed by atoms with Crippen molar-refractivity contribution in [3.8, 4) is 0 Å². The van der Waals surface area contributed by atoms with Crippen LogP contribution in [0.3, 0.4) is 0 Å². The molecular weight excluding hydrogens is 336 g/mol. The molecule has 24 heavy (non-hydrogen) atoms. The molecule has 126 valence electrons. The summed E-state index contributed by atoms with van der Waals surface area (Å²) in [6.07, 6.45) is 2.22. The van der Waals surface area contributed by atoms with Crippen molar-refractivity contribution < 1.29 is 17.6 Å². The van der Waals surface area contributed by atoms with Crippen LogP contribution in [0.4, 0.5) is 11.5 Å². The molecule has 3 aromatic rings. The third-order valence-corrected chi connectivity index (χ3v) is 3.47. The standard InChI is InChI=1S/C13H14N6O4S/c1-8-15-10-5-9(3-4-11(10)23-8)16-13(20)7-19-14-6-12(17-19)18-24(2,21)22/h3-6H,7H2,1-2H3,(H,16,20)(H,17,18). The Balaban J connectivity index is 1.66. The van der Waals surface area contributed by atoms with E-state index in [-0.39, 0.29) is 18.3 Å². The summed E-state index contributed by atoms with van der Waals surface area (Å²) in [5.74, 6) is 0.223. The highest BCUT2D eigenvalue weighted by Gasteiger charge is 2.10. The van der Waals surface area contributed by atoms with E-state index < -0.39 is 10.0 Å². The van der Waals surface area contributed by atoms with Gasteiger partial charge < -0.3 is 9.73 Å². The summed E-state index contributed by atoms with van der Waals surface area (Å²) < 4.78 is 29.7. The van der Waals surface area contributed by atoms with Crippen molar-refractivity contribution >= 4 is 38.5 Å². The van der Waals surface area contributed by atoms with Crippen molar-refractivity contribution in [1.29, 1.82) is 0 Å². The fourth-order valence-corrected chi connectivity index (χ4v) is 2.53. The quantitative estimate of drug-likeness (QED) is 0.693. The van der Waals surface area contributed by atoms with E-state index in [1.54, 1.807) is 25.1 Å². The zero-order valence-electron chi connectivity index (χ0n) is 12.8. The SMILES string of the molecule is Cc1nc2cc(NC(=O)Cn3ncc(NS(C)(=O)=O)n3)ccc2o1. The third kappa shape index (κ3) is 3.87. The first-order chi connectivity index (χ1) is 11.3. The van der Waals surface area contributed by atoms with Crippen molar-refractivity contribution in [2.24, 2.45) is 0 Å². The van der Waals surface area contributed by atoms with Crippen LogP contribution in [-0.2, 0) is 21.4 Å². The number of hydrogen-bond donors (Lipinski definition) is 2. The Labute approximate surface area is 136 Å². The minimum atomic E-state index is -3.44. The number of hydrogen-bond acceptors (Lipinski definition) is 7. The van der Waals surface area contributed by atoms with Crippen molar-refractivity contribution in [1.82, 2.24) is 20.0 Å².